The first kappa shape index (κ1) is 11.7. The molecule has 0 radical (unpaired) electrons. The lowest BCUT2D eigenvalue weighted by molar-refractivity contribution is 0.299. The third-order valence-electron chi connectivity index (χ3n) is 2.54. The maximum atomic E-state index is 5.82. The van der Waals surface area contributed by atoms with Crippen LogP contribution in [0.2, 0.25) is 0 Å². The van der Waals surface area contributed by atoms with Gasteiger partial charge >= 0.3 is 0 Å². The van der Waals surface area contributed by atoms with E-state index >= 15 is 0 Å². The van der Waals surface area contributed by atoms with Gasteiger partial charge in [-0.3, -0.25) is 4.68 Å². The van der Waals surface area contributed by atoms with Gasteiger partial charge in [0.2, 0.25) is 0 Å². The molecule has 90 valence electrons. The minimum atomic E-state index is 0.0217. The van der Waals surface area contributed by atoms with Crippen molar-refractivity contribution in [3.63, 3.8) is 0 Å². The molecular weight excluding hydrogens is 214 g/mol. The number of ether oxygens (including phenoxy) is 1. The lowest BCUT2D eigenvalue weighted by atomic mass is 10.1. The van der Waals surface area contributed by atoms with Crippen LogP contribution in [0, 0.1) is 0 Å². The second-order valence-corrected chi connectivity index (χ2v) is 4.13. The van der Waals surface area contributed by atoms with Crippen LogP contribution < -0.4 is 10.5 Å². The van der Waals surface area contributed by atoms with Gasteiger partial charge in [-0.15, -0.1) is 0 Å². The van der Waals surface area contributed by atoms with Crippen molar-refractivity contribution >= 4 is 0 Å². The molecule has 0 saturated heterocycles. The van der Waals surface area contributed by atoms with Gasteiger partial charge in [-0.05, 0) is 30.7 Å². The van der Waals surface area contributed by atoms with Crippen LogP contribution in [0.3, 0.4) is 0 Å². The molecule has 4 nitrogen and oxygen atoms in total. The van der Waals surface area contributed by atoms with Gasteiger partial charge in [-0.2, -0.15) is 5.10 Å². The van der Waals surface area contributed by atoms with E-state index in [9.17, 15) is 0 Å². The molecule has 17 heavy (non-hydrogen) atoms. The van der Waals surface area contributed by atoms with Crippen molar-refractivity contribution < 1.29 is 4.74 Å². The van der Waals surface area contributed by atoms with Crippen LogP contribution in [-0.4, -0.2) is 9.78 Å². The van der Waals surface area contributed by atoms with Crippen molar-refractivity contribution in [1.82, 2.24) is 9.78 Å². The predicted molar refractivity (Wildman–Crippen MR) is 66.6 cm³/mol. The van der Waals surface area contributed by atoms with E-state index in [1.807, 2.05) is 50.5 Å². The summed E-state index contributed by atoms with van der Waals surface area (Å²) in [7, 11) is 1.89. The van der Waals surface area contributed by atoms with Crippen molar-refractivity contribution in [2.24, 2.45) is 12.8 Å². The maximum Gasteiger partial charge on any atom is 0.132 e. The molecule has 0 amide bonds. The number of aryl methyl sites for hydroxylation is 1. The van der Waals surface area contributed by atoms with Gasteiger partial charge in [0, 0.05) is 19.3 Å². The first-order valence-electron chi connectivity index (χ1n) is 5.62. The van der Waals surface area contributed by atoms with Crippen LogP contribution >= 0.6 is 0 Å². The van der Waals surface area contributed by atoms with Crippen LogP contribution in [0.5, 0.6) is 5.75 Å². The SMILES string of the molecule is CC(N)c1cccc(OCc2ccn(C)n2)c1. The highest BCUT2D eigenvalue weighted by atomic mass is 16.5. The topological polar surface area (TPSA) is 53.1 Å². The van der Waals surface area contributed by atoms with Crippen molar-refractivity contribution in [2.45, 2.75) is 19.6 Å². The number of nitrogens with zero attached hydrogens (tertiary/aromatic N) is 2. The van der Waals surface area contributed by atoms with Gasteiger partial charge in [0.1, 0.15) is 12.4 Å². The Morgan fingerprint density at radius 1 is 1.41 bits per heavy atom. The van der Waals surface area contributed by atoms with Gasteiger partial charge in [0.15, 0.2) is 0 Å². The summed E-state index contributed by atoms with van der Waals surface area (Å²) >= 11 is 0. The molecule has 2 aromatic rings. The summed E-state index contributed by atoms with van der Waals surface area (Å²) in [6, 6.07) is 9.80. The molecule has 0 aliphatic carbocycles. The minimum Gasteiger partial charge on any atom is -0.487 e. The molecule has 0 aliphatic heterocycles. The molecule has 0 aliphatic rings. The van der Waals surface area contributed by atoms with Crippen LogP contribution in [0.1, 0.15) is 24.2 Å². The Hall–Kier alpha value is -1.81. The zero-order valence-corrected chi connectivity index (χ0v) is 10.1. The van der Waals surface area contributed by atoms with E-state index in [0.29, 0.717) is 6.61 Å². The van der Waals surface area contributed by atoms with Gasteiger partial charge in [0.25, 0.3) is 0 Å². The van der Waals surface area contributed by atoms with Crippen LogP contribution in [-0.2, 0) is 13.7 Å². The summed E-state index contributed by atoms with van der Waals surface area (Å²) in [4.78, 5) is 0. The number of rotatable bonds is 4. The fraction of sp³-hybridized carbons (Fsp3) is 0.308. The molecule has 1 aromatic heterocycles. The van der Waals surface area contributed by atoms with E-state index in [4.69, 9.17) is 10.5 Å². The molecule has 0 fully saturated rings. The second-order valence-electron chi connectivity index (χ2n) is 4.13. The van der Waals surface area contributed by atoms with Crippen LogP contribution in [0.4, 0.5) is 0 Å². The van der Waals surface area contributed by atoms with Crippen molar-refractivity contribution in [1.29, 1.82) is 0 Å². The molecule has 0 bridgehead atoms. The standard InChI is InChI=1S/C13H17N3O/c1-10(14)11-4-3-5-13(8-11)17-9-12-6-7-16(2)15-12/h3-8,10H,9,14H2,1-2H3. The van der Waals surface area contributed by atoms with E-state index in [2.05, 4.69) is 5.10 Å². The van der Waals surface area contributed by atoms with E-state index in [-0.39, 0.29) is 6.04 Å². The average Bonchev–Trinajstić information content (AvgIpc) is 2.73. The zero-order valence-electron chi connectivity index (χ0n) is 10.1. The lowest BCUT2D eigenvalue weighted by Gasteiger charge is -2.09. The monoisotopic (exact) mass is 231 g/mol. The smallest absolute Gasteiger partial charge is 0.132 e. The maximum absolute atomic E-state index is 5.82. The highest BCUT2D eigenvalue weighted by Crippen LogP contribution is 2.18. The fourth-order valence-corrected chi connectivity index (χ4v) is 1.58. The van der Waals surface area contributed by atoms with E-state index in [0.717, 1.165) is 17.0 Å². The molecular formula is C13H17N3O. The summed E-state index contributed by atoms with van der Waals surface area (Å²) in [5.41, 5.74) is 7.81. The van der Waals surface area contributed by atoms with Gasteiger partial charge < -0.3 is 10.5 Å². The number of hydrogen-bond acceptors (Lipinski definition) is 3. The van der Waals surface area contributed by atoms with Crippen molar-refractivity contribution in [2.75, 3.05) is 0 Å². The Bertz CT molecular complexity index is 491. The van der Waals surface area contributed by atoms with E-state index in [1.165, 1.54) is 0 Å². The number of benzene rings is 1. The van der Waals surface area contributed by atoms with E-state index < -0.39 is 0 Å². The summed E-state index contributed by atoms with van der Waals surface area (Å²) in [6.07, 6.45) is 1.90. The molecule has 1 unspecified atom stereocenters. The third-order valence-corrected chi connectivity index (χ3v) is 2.54. The summed E-state index contributed by atoms with van der Waals surface area (Å²) < 4.78 is 7.43. The minimum absolute atomic E-state index is 0.0217. The third kappa shape index (κ3) is 3.07. The quantitative estimate of drug-likeness (QED) is 0.875. The van der Waals surface area contributed by atoms with Crippen LogP contribution in [0.25, 0.3) is 0 Å². The highest BCUT2D eigenvalue weighted by Gasteiger charge is 2.02. The first-order valence-corrected chi connectivity index (χ1v) is 5.62. The molecule has 1 heterocycles. The average molecular weight is 231 g/mol. The molecule has 2 rings (SSSR count). The summed E-state index contributed by atoms with van der Waals surface area (Å²) in [5.74, 6) is 0.824. The normalized spacial score (nSPS) is 12.4. The Morgan fingerprint density at radius 3 is 2.88 bits per heavy atom. The fourth-order valence-electron chi connectivity index (χ4n) is 1.58. The molecule has 0 spiro atoms. The molecule has 0 saturated carbocycles. The largest absolute Gasteiger partial charge is 0.487 e. The summed E-state index contributed by atoms with van der Waals surface area (Å²) in [5, 5.41) is 4.25. The molecule has 2 N–H and O–H groups in total. The van der Waals surface area contributed by atoms with Crippen LogP contribution in [0.15, 0.2) is 36.5 Å². The number of nitrogens with two attached hydrogens (primary N) is 1. The first-order chi connectivity index (χ1) is 8.15. The molecule has 1 aromatic carbocycles. The van der Waals surface area contributed by atoms with Crippen molar-refractivity contribution in [3.8, 4) is 5.75 Å². The molecule has 1 atom stereocenters. The Balaban J connectivity index is 2.01. The van der Waals surface area contributed by atoms with Gasteiger partial charge in [-0.25, -0.2) is 0 Å². The number of hydrogen-bond donors (Lipinski definition) is 1. The van der Waals surface area contributed by atoms with Crippen molar-refractivity contribution in [3.05, 3.63) is 47.8 Å². The summed E-state index contributed by atoms with van der Waals surface area (Å²) in [6.45, 7) is 2.43. The Kier molecular flexibility index (Phi) is 3.44. The van der Waals surface area contributed by atoms with Gasteiger partial charge in [-0.1, -0.05) is 12.1 Å². The Labute approximate surface area is 101 Å². The van der Waals surface area contributed by atoms with E-state index in [1.54, 1.807) is 4.68 Å². The molecule has 4 heteroatoms. The highest BCUT2D eigenvalue weighted by molar-refractivity contribution is 5.30. The second kappa shape index (κ2) is 5.01. The van der Waals surface area contributed by atoms with Gasteiger partial charge in [0.05, 0.1) is 5.69 Å². The Morgan fingerprint density at radius 2 is 2.24 bits per heavy atom. The zero-order chi connectivity index (χ0) is 12.3. The lowest BCUT2D eigenvalue weighted by Crippen LogP contribution is -2.05. The number of aromatic nitrogens is 2. The predicted octanol–water partition coefficient (Wildman–Crippen LogP) is 2.02.